The van der Waals surface area contributed by atoms with Crippen LogP contribution in [0.5, 0.6) is 5.75 Å². The average Bonchev–Trinajstić information content (AvgIpc) is 2.62. The standard InChI is InChI=1S/C22H30IO/c1-2-3-4-5-6-7-8-12-19-24-22-17-15-21(16-18-22)23-20-13-10-9-11-14-20/h9-11,13-18H,2-8,12,19H2,1H3/q+1. The highest BCUT2D eigenvalue weighted by Crippen LogP contribution is 2.11. The molecule has 0 bridgehead atoms. The molecule has 0 saturated heterocycles. The SMILES string of the molecule is CCCCCCCCCCOc1ccc([I+]c2ccccc2)cc1. The monoisotopic (exact) mass is 437 g/mol. The molecule has 130 valence electrons. The summed E-state index contributed by atoms with van der Waals surface area (Å²) in [6.45, 7) is 3.12. The van der Waals surface area contributed by atoms with Crippen LogP contribution in [-0.2, 0) is 0 Å². The summed E-state index contributed by atoms with van der Waals surface area (Å²) in [4.78, 5) is 0. The van der Waals surface area contributed by atoms with E-state index in [0.29, 0.717) is 0 Å². The predicted molar refractivity (Wildman–Crippen MR) is 98.4 cm³/mol. The van der Waals surface area contributed by atoms with E-state index in [4.69, 9.17) is 4.74 Å². The van der Waals surface area contributed by atoms with E-state index < -0.39 is 0 Å². The molecular formula is C22H30IO+. The molecule has 0 saturated carbocycles. The van der Waals surface area contributed by atoms with Crippen LogP contribution >= 0.6 is 0 Å². The largest absolute Gasteiger partial charge is 0.494 e. The highest BCUT2D eigenvalue weighted by atomic mass is 127. The topological polar surface area (TPSA) is 9.23 Å². The fourth-order valence-corrected chi connectivity index (χ4v) is 4.84. The van der Waals surface area contributed by atoms with Crippen LogP contribution < -0.4 is 25.9 Å². The van der Waals surface area contributed by atoms with Crippen LogP contribution in [0.4, 0.5) is 0 Å². The van der Waals surface area contributed by atoms with Crippen LogP contribution in [0.2, 0.25) is 0 Å². The van der Waals surface area contributed by atoms with E-state index in [-0.39, 0.29) is 21.2 Å². The van der Waals surface area contributed by atoms with Gasteiger partial charge in [0.1, 0.15) is 5.75 Å². The first-order chi connectivity index (χ1) is 11.9. The van der Waals surface area contributed by atoms with Crippen molar-refractivity contribution in [2.45, 2.75) is 58.3 Å². The zero-order chi connectivity index (χ0) is 16.9. The zero-order valence-corrected chi connectivity index (χ0v) is 17.0. The van der Waals surface area contributed by atoms with E-state index >= 15 is 0 Å². The van der Waals surface area contributed by atoms with E-state index in [1.54, 1.807) is 0 Å². The van der Waals surface area contributed by atoms with Gasteiger partial charge in [0.2, 0.25) is 0 Å². The number of unbranched alkanes of at least 4 members (excludes halogenated alkanes) is 7. The van der Waals surface area contributed by atoms with E-state index in [1.807, 2.05) is 0 Å². The van der Waals surface area contributed by atoms with Gasteiger partial charge in [0, 0.05) is 0 Å². The zero-order valence-electron chi connectivity index (χ0n) is 14.8. The maximum Gasteiger partial charge on any atom is 0.357 e. The van der Waals surface area contributed by atoms with Crippen LogP contribution in [0, 0.1) is 7.14 Å². The lowest BCUT2D eigenvalue weighted by Crippen LogP contribution is -3.61. The molecule has 24 heavy (non-hydrogen) atoms. The van der Waals surface area contributed by atoms with Gasteiger partial charge < -0.3 is 4.74 Å². The van der Waals surface area contributed by atoms with Crippen molar-refractivity contribution in [1.29, 1.82) is 0 Å². The van der Waals surface area contributed by atoms with E-state index in [0.717, 1.165) is 12.4 Å². The molecule has 0 fully saturated rings. The molecule has 2 aromatic rings. The number of benzene rings is 2. The Bertz CT molecular complexity index is 536. The third-order valence-electron chi connectivity index (χ3n) is 4.03. The minimum atomic E-state index is -0.0686. The minimum Gasteiger partial charge on any atom is -0.494 e. The summed E-state index contributed by atoms with van der Waals surface area (Å²) in [7, 11) is 0. The fraction of sp³-hybridized carbons (Fsp3) is 0.455. The van der Waals surface area contributed by atoms with Gasteiger partial charge in [-0.2, -0.15) is 0 Å². The number of hydrogen-bond acceptors (Lipinski definition) is 1. The Morgan fingerprint density at radius 1 is 0.667 bits per heavy atom. The second kappa shape index (κ2) is 12.3. The van der Waals surface area contributed by atoms with Crippen LogP contribution in [0.3, 0.4) is 0 Å². The Hall–Kier alpha value is -1.03. The molecule has 0 spiro atoms. The van der Waals surface area contributed by atoms with Gasteiger partial charge in [0.15, 0.2) is 7.14 Å². The molecule has 2 rings (SSSR count). The van der Waals surface area contributed by atoms with Gasteiger partial charge in [-0.1, -0.05) is 70.1 Å². The maximum atomic E-state index is 5.87. The number of halogens is 1. The second-order valence-corrected chi connectivity index (χ2v) is 9.20. The molecule has 0 aliphatic rings. The summed E-state index contributed by atoms with van der Waals surface area (Å²) in [5.74, 6) is 1.01. The molecule has 0 N–H and O–H groups in total. The van der Waals surface area contributed by atoms with Gasteiger partial charge in [0.05, 0.1) is 6.61 Å². The van der Waals surface area contributed by atoms with Crippen LogP contribution in [0.1, 0.15) is 58.3 Å². The first-order valence-electron chi connectivity index (χ1n) is 9.31. The van der Waals surface area contributed by atoms with Gasteiger partial charge >= 0.3 is 21.2 Å². The molecule has 0 unspecified atom stereocenters. The summed E-state index contributed by atoms with van der Waals surface area (Å²) >= 11 is -0.0686. The van der Waals surface area contributed by atoms with Crippen molar-refractivity contribution < 1.29 is 25.9 Å². The van der Waals surface area contributed by atoms with Crippen molar-refractivity contribution in [2.75, 3.05) is 6.61 Å². The predicted octanol–water partition coefficient (Wildman–Crippen LogP) is 3.33. The number of hydrogen-bond donors (Lipinski definition) is 0. The van der Waals surface area contributed by atoms with Gasteiger partial charge in [-0.3, -0.25) is 0 Å². The lowest BCUT2D eigenvalue weighted by molar-refractivity contribution is -0.597. The minimum absolute atomic E-state index is 0.0686. The van der Waals surface area contributed by atoms with Crippen molar-refractivity contribution in [3.05, 3.63) is 61.7 Å². The highest BCUT2D eigenvalue weighted by Gasteiger charge is 2.14. The van der Waals surface area contributed by atoms with Crippen LogP contribution in [-0.4, -0.2) is 6.61 Å². The molecule has 0 aliphatic heterocycles. The lowest BCUT2D eigenvalue weighted by Gasteiger charge is -2.05. The van der Waals surface area contributed by atoms with Crippen molar-refractivity contribution in [2.24, 2.45) is 0 Å². The Balaban J connectivity index is 1.57. The molecular weight excluding hydrogens is 407 g/mol. The number of rotatable bonds is 12. The van der Waals surface area contributed by atoms with Crippen molar-refractivity contribution >= 4 is 0 Å². The summed E-state index contributed by atoms with van der Waals surface area (Å²) < 4.78 is 8.77. The quantitative estimate of drug-likeness (QED) is 0.366. The normalized spacial score (nSPS) is 10.7. The third-order valence-corrected chi connectivity index (χ3v) is 6.72. The molecule has 0 aliphatic carbocycles. The number of ether oxygens (including phenoxy) is 1. The van der Waals surface area contributed by atoms with E-state index in [9.17, 15) is 0 Å². The van der Waals surface area contributed by atoms with E-state index in [2.05, 4.69) is 61.5 Å². The maximum absolute atomic E-state index is 5.87. The molecule has 0 radical (unpaired) electrons. The van der Waals surface area contributed by atoms with Crippen molar-refractivity contribution in [3.8, 4) is 5.75 Å². The fourth-order valence-electron chi connectivity index (χ4n) is 2.62. The first-order valence-corrected chi connectivity index (χ1v) is 11.5. The average molecular weight is 437 g/mol. The second-order valence-electron chi connectivity index (χ2n) is 6.17. The smallest absolute Gasteiger partial charge is 0.357 e. The summed E-state index contributed by atoms with van der Waals surface area (Å²) in [5, 5.41) is 0. The lowest BCUT2D eigenvalue weighted by atomic mass is 10.1. The molecule has 0 atom stereocenters. The summed E-state index contributed by atoms with van der Waals surface area (Å²) in [5.41, 5.74) is 0. The molecule has 2 heteroatoms. The van der Waals surface area contributed by atoms with Crippen molar-refractivity contribution in [3.63, 3.8) is 0 Å². The van der Waals surface area contributed by atoms with Gasteiger partial charge in [-0.15, -0.1) is 0 Å². The molecule has 1 nitrogen and oxygen atoms in total. The van der Waals surface area contributed by atoms with Crippen LogP contribution in [0.15, 0.2) is 54.6 Å². The summed E-state index contributed by atoms with van der Waals surface area (Å²) in [6.07, 6.45) is 10.7. The van der Waals surface area contributed by atoms with Crippen molar-refractivity contribution in [1.82, 2.24) is 0 Å². The molecule has 2 aromatic carbocycles. The summed E-state index contributed by atoms with van der Waals surface area (Å²) in [6, 6.07) is 19.5. The molecule has 0 amide bonds. The molecule has 0 heterocycles. The Labute approximate surface area is 158 Å². The molecule has 0 aromatic heterocycles. The Kier molecular flexibility index (Phi) is 9.93. The van der Waals surface area contributed by atoms with E-state index in [1.165, 1.54) is 58.5 Å². The third kappa shape index (κ3) is 8.18. The first kappa shape index (κ1) is 19.3. The highest BCUT2D eigenvalue weighted by molar-refractivity contribution is 5.20. The van der Waals surface area contributed by atoms with Gasteiger partial charge in [0.25, 0.3) is 0 Å². The van der Waals surface area contributed by atoms with Gasteiger partial charge in [-0.05, 0) is 42.8 Å². The Morgan fingerprint density at radius 2 is 1.25 bits per heavy atom. The van der Waals surface area contributed by atoms with Crippen LogP contribution in [0.25, 0.3) is 0 Å². The van der Waals surface area contributed by atoms with Gasteiger partial charge in [-0.25, -0.2) is 0 Å². The Morgan fingerprint density at radius 3 is 1.92 bits per heavy atom.